The summed E-state index contributed by atoms with van der Waals surface area (Å²) in [5.41, 5.74) is -0.160. The molecule has 0 radical (unpaired) electrons. The van der Waals surface area contributed by atoms with Gasteiger partial charge in [0.15, 0.2) is 0 Å². The zero-order chi connectivity index (χ0) is 13.8. The van der Waals surface area contributed by atoms with Crippen molar-refractivity contribution in [2.45, 2.75) is 37.0 Å². The molecule has 104 valence electrons. The van der Waals surface area contributed by atoms with Crippen LogP contribution in [0, 0.1) is 15.9 Å². The lowest BCUT2D eigenvalue weighted by Gasteiger charge is -2.28. The minimum absolute atomic E-state index is 0.198. The molecule has 0 saturated heterocycles. The summed E-state index contributed by atoms with van der Waals surface area (Å²) >= 11 is 1.87. The van der Waals surface area contributed by atoms with Crippen LogP contribution in [0.2, 0.25) is 0 Å². The Labute approximate surface area is 115 Å². The maximum absolute atomic E-state index is 13.5. The monoisotopic (exact) mass is 284 g/mol. The standard InChI is InChI=1S/C13H17FN2O2S/c1-19-10-7-5-9(6-8-10)15-12-4-2-3-11(14)13(12)16(17)18/h2-4,9-10,15H,5-8H2,1H3. The van der Waals surface area contributed by atoms with Crippen molar-refractivity contribution in [1.29, 1.82) is 0 Å². The van der Waals surface area contributed by atoms with Crippen LogP contribution >= 0.6 is 11.8 Å². The van der Waals surface area contributed by atoms with Crippen molar-refractivity contribution in [3.63, 3.8) is 0 Å². The SMILES string of the molecule is CSC1CCC(Nc2cccc(F)c2[N+](=O)[O-])CC1. The fourth-order valence-corrected chi connectivity index (χ4v) is 3.22. The fraction of sp³-hybridized carbons (Fsp3) is 0.538. The van der Waals surface area contributed by atoms with Crippen LogP contribution in [-0.4, -0.2) is 22.5 Å². The predicted octanol–water partition coefficient (Wildman–Crippen LogP) is 3.82. The van der Waals surface area contributed by atoms with Gasteiger partial charge in [-0.15, -0.1) is 0 Å². The highest BCUT2D eigenvalue weighted by atomic mass is 32.2. The zero-order valence-electron chi connectivity index (χ0n) is 10.8. The molecule has 1 saturated carbocycles. The van der Waals surface area contributed by atoms with E-state index in [0.29, 0.717) is 5.25 Å². The maximum atomic E-state index is 13.5. The summed E-state index contributed by atoms with van der Waals surface area (Å²) in [6.45, 7) is 0. The number of nitrogens with zero attached hydrogens (tertiary/aromatic N) is 1. The highest BCUT2D eigenvalue weighted by Gasteiger charge is 2.25. The Bertz CT molecular complexity index is 462. The van der Waals surface area contributed by atoms with Crippen LogP contribution in [0.3, 0.4) is 0 Å². The topological polar surface area (TPSA) is 55.2 Å². The van der Waals surface area contributed by atoms with Gasteiger partial charge < -0.3 is 5.32 Å². The summed E-state index contributed by atoms with van der Waals surface area (Å²) in [5, 5.41) is 14.7. The summed E-state index contributed by atoms with van der Waals surface area (Å²) in [6, 6.07) is 4.39. The Morgan fingerprint density at radius 3 is 2.63 bits per heavy atom. The molecule has 1 aliphatic rings. The summed E-state index contributed by atoms with van der Waals surface area (Å²) in [4.78, 5) is 10.2. The second kappa shape index (κ2) is 6.23. The van der Waals surface area contributed by atoms with Crippen LogP contribution in [0.15, 0.2) is 18.2 Å². The van der Waals surface area contributed by atoms with E-state index in [1.165, 1.54) is 6.07 Å². The molecule has 2 rings (SSSR count). The van der Waals surface area contributed by atoms with Crippen molar-refractivity contribution in [3.8, 4) is 0 Å². The number of nitro benzene ring substituents is 1. The molecule has 4 nitrogen and oxygen atoms in total. The number of thioether (sulfide) groups is 1. The number of nitrogens with one attached hydrogen (secondary N) is 1. The van der Waals surface area contributed by atoms with E-state index >= 15 is 0 Å². The molecule has 1 fully saturated rings. The van der Waals surface area contributed by atoms with Crippen molar-refractivity contribution in [1.82, 2.24) is 0 Å². The van der Waals surface area contributed by atoms with E-state index in [-0.39, 0.29) is 11.7 Å². The first-order chi connectivity index (χ1) is 9.11. The molecule has 1 aliphatic carbocycles. The Kier molecular flexibility index (Phi) is 4.63. The minimum atomic E-state index is -0.784. The van der Waals surface area contributed by atoms with Gasteiger partial charge in [0.25, 0.3) is 0 Å². The molecule has 0 aromatic heterocycles. The van der Waals surface area contributed by atoms with Crippen molar-refractivity contribution < 1.29 is 9.31 Å². The van der Waals surface area contributed by atoms with Crippen LogP contribution in [0.1, 0.15) is 25.7 Å². The molecule has 1 aromatic rings. The first-order valence-corrected chi connectivity index (χ1v) is 7.63. The van der Waals surface area contributed by atoms with Gasteiger partial charge in [-0.05, 0) is 44.1 Å². The molecule has 0 aliphatic heterocycles. The average molecular weight is 284 g/mol. The van der Waals surface area contributed by atoms with Crippen molar-refractivity contribution in [2.75, 3.05) is 11.6 Å². The minimum Gasteiger partial charge on any atom is -0.377 e. The molecule has 6 heteroatoms. The van der Waals surface area contributed by atoms with E-state index in [2.05, 4.69) is 11.6 Å². The number of halogens is 1. The van der Waals surface area contributed by atoms with Crippen molar-refractivity contribution in [3.05, 3.63) is 34.1 Å². The number of para-hydroxylation sites is 1. The van der Waals surface area contributed by atoms with Crippen molar-refractivity contribution >= 4 is 23.1 Å². The molecular weight excluding hydrogens is 267 g/mol. The summed E-state index contributed by atoms with van der Waals surface area (Å²) in [5.74, 6) is -0.784. The van der Waals surface area contributed by atoms with Crippen LogP contribution < -0.4 is 5.32 Å². The molecule has 0 spiro atoms. The Morgan fingerprint density at radius 2 is 2.05 bits per heavy atom. The molecule has 0 heterocycles. The third-order valence-corrected chi connectivity index (χ3v) is 4.67. The maximum Gasteiger partial charge on any atom is 0.327 e. The number of rotatable bonds is 4. The molecule has 1 aromatic carbocycles. The summed E-state index contributed by atoms with van der Waals surface area (Å²) < 4.78 is 13.5. The lowest BCUT2D eigenvalue weighted by atomic mass is 9.94. The van der Waals surface area contributed by atoms with E-state index < -0.39 is 16.4 Å². The van der Waals surface area contributed by atoms with Gasteiger partial charge >= 0.3 is 5.69 Å². The fourth-order valence-electron chi connectivity index (χ4n) is 2.48. The van der Waals surface area contributed by atoms with Crippen LogP contribution in [-0.2, 0) is 0 Å². The van der Waals surface area contributed by atoms with Gasteiger partial charge in [0.1, 0.15) is 5.69 Å². The van der Waals surface area contributed by atoms with Crippen LogP contribution in [0.5, 0.6) is 0 Å². The highest BCUT2D eigenvalue weighted by molar-refractivity contribution is 7.99. The van der Waals surface area contributed by atoms with Crippen molar-refractivity contribution in [2.24, 2.45) is 0 Å². The van der Waals surface area contributed by atoms with Gasteiger partial charge in [0, 0.05) is 11.3 Å². The molecule has 0 bridgehead atoms. The van der Waals surface area contributed by atoms with Gasteiger partial charge in [0.2, 0.25) is 5.82 Å². The van der Waals surface area contributed by atoms with Gasteiger partial charge in [-0.3, -0.25) is 10.1 Å². The van der Waals surface area contributed by atoms with Gasteiger partial charge in [-0.2, -0.15) is 16.2 Å². The van der Waals surface area contributed by atoms with E-state index in [0.717, 1.165) is 31.7 Å². The molecule has 19 heavy (non-hydrogen) atoms. The van der Waals surface area contributed by atoms with Gasteiger partial charge in [0.05, 0.1) is 4.92 Å². The average Bonchev–Trinajstić information content (AvgIpc) is 2.39. The smallest absolute Gasteiger partial charge is 0.327 e. The number of hydrogen-bond donors (Lipinski definition) is 1. The largest absolute Gasteiger partial charge is 0.377 e. The molecule has 0 amide bonds. The second-order valence-corrected chi connectivity index (χ2v) is 5.88. The first-order valence-electron chi connectivity index (χ1n) is 6.34. The highest BCUT2D eigenvalue weighted by Crippen LogP contribution is 2.32. The Balaban J connectivity index is 2.08. The summed E-state index contributed by atoms with van der Waals surface area (Å²) in [6.07, 6.45) is 6.25. The molecule has 0 atom stereocenters. The third kappa shape index (κ3) is 3.37. The number of nitro groups is 1. The second-order valence-electron chi connectivity index (χ2n) is 4.75. The zero-order valence-corrected chi connectivity index (χ0v) is 11.6. The van der Waals surface area contributed by atoms with E-state index in [1.54, 1.807) is 6.07 Å². The molecule has 1 N–H and O–H groups in total. The Hall–Kier alpha value is -1.30. The Morgan fingerprint density at radius 1 is 1.37 bits per heavy atom. The van der Waals surface area contributed by atoms with E-state index in [4.69, 9.17) is 0 Å². The van der Waals surface area contributed by atoms with E-state index in [1.807, 2.05) is 11.8 Å². The quantitative estimate of drug-likeness (QED) is 0.674. The number of hydrogen-bond acceptors (Lipinski definition) is 4. The predicted molar refractivity (Wildman–Crippen MR) is 76.2 cm³/mol. The van der Waals surface area contributed by atoms with E-state index in [9.17, 15) is 14.5 Å². The number of benzene rings is 1. The molecular formula is C13H17FN2O2S. The van der Waals surface area contributed by atoms with Crippen LogP contribution in [0.25, 0.3) is 0 Å². The van der Waals surface area contributed by atoms with Gasteiger partial charge in [-0.1, -0.05) is 6.07 Å². The third-order valence-electron chi connectivity index (χ3n) is 3.54. The normalized spacial score (nSPS) is 23.1. The van der Waals surface area contributed by atoms with Gasteiger partial charge in [-0.25, -0.2) is 0 Å². The summed E-state index contributed by atoms with van der Waals surface area (Å²) in [7, 11) is 0. The lowest BCUT2D eigenvalue weighted by Crippen LogP contribution is -2.27. The lowest BCUT2D eigenvalue weighted by molar-refractivity contribution is -0.386. The number of anilines is 1. The molecule has 0 unspecified atom stereocenters. The first kappa shape index (κ1) is 14.1. The van der Waals surface area contributed by atoms with Crippen LogP contribution in [0.4, 0.5) is 15.8 Å².